The minimum atomic E-state index is -1.27. The summed E-state index contributed by atoms with van der Waals surface area (Å²) in [4.78, 5) is 10.4. The molecule has 0 aliphatic carbocycles. The lowest BCUT2D eigenvalue weighted by molar-refractivity contribution is -0.147. The maximum absolute atomic E-state index is 10.4. The minimum absolute atomic E-state index is 0.200. The first-order valence-corrected chi connectivity index (χ1v) is 2.75. The number of esters is 1. The van der Waals surface area contributed by atoms with Crippen LogP contribution in [0.1, 0.15) is 0 Å². The molecule has 2 N–H and O–H groups in total. The van der Waals surface area contributed by atoms with Gasteiger partial charge < -0.3 is 14.9 Å². The van der Waals surface area contributed by atoms with Crippen molar-refractivity contribution in [1.29, 1.82) is 0 Å². The van der Waals surface area contributed by atoms with Crippen LogP contribution in [0.5, 0.6) is 0 Å². The Morgan fingerprint density at radius 2 is 2.40 bits per heavy atom. The molecule has 1 atom stereocenters. The fourth-order valence-corrected chi connectivity index (χ4v) is 0.389. The van der Waals surface area contributed by atoms with E-state index >= 15 is 0 Å². The highest BCUT2D eigenvalue weighted by Gasteiger charge is 2.09. The Bertz CT molecular complexity index is 130. The van der Waals surface area contributed by atoms with E-state index in [1.165, 1.54) is 13.2 Å². The van der Waals surface area contributed by atoms with E-state index in [-0.39, 0.29) is 6.61 Å². The molecule has 4 nitrogen and oxygen atoms in total. The predicted octanol–water partition coefficient (Wildman–Crippen LogP) is -0.931. The summed E-state index contributed by atoms with van der Waals surface area (Å²) in [5, 5.41) is 17.0. The van der Waals surface area contributed by atoms with Gasteiger partial charge in [-0.05, 0) is 6.08 Å². The van der Waals surface area contributed by atoms with Crippen LogP contribution in [0.2, 0.25) is 0 Å². The summed E-state index contributed by atoms with van der Waals surface area (Å²) in [5.41, 5.74) is 0. The Hall–Kier alpha value is -0.870. The maximum atomic E-state index is 10.4. The van der Waals surface area contributed by atoms with Crippen LogP contribution in [-0.4, -0.2) is 36.0 Å². The molecule has 10 heavy (non-hydrogen) atoms. The molecule has 0 heterocycles. The number of aliphatic hydroxyl groups is 2. The molecule has 0 saturated heterocycles. The van der Waals surface area contributed by atoms with Gasteiger partial charge in [-0.25, -0.2) is 4.79 Å². The summed E-state index contributed by atoms with van der Waals surface area (Å²) in [6.07, 6.45) is 1.16. The first-order chi connectivity index (χ1) is 4.72. The Labute approximate surface area is 58.7 Å². The normalized spacial score (nSPS) is 13.5. The van der Waals surface area contributed by atoms with Crippen molar-refractivity contribution < 1.29 is 19.7 Å². The zero-order valence-electron chi connectivity index (χ0n) is 5.65. The lowest BCUT2D eigenvalue weighted by Gasteiger charge is -2.00. The van der Waals surface area contributed by atoms with Crippen LogP contribution in [0.4, 0.5) is 0 Å². The zero-order valence-corrected chi connectivity index (χ0v) is 5.65. The third-order valence-corrected chi connectivity index (χ3v) is 0.866. The van der Waals surface area contributed by atoms with Crippen LogP contribution >= 0.6 is 0 Å². The lowest BCUT2D eigenvalue weighted by atomic mass is 10.3. The van der Waals surface area contributed by atoms with Crippen LogP contribution < -0.4 is 0 Å². The molecular weight excluding hydrogens is 136 g/mol. The van der Waals surface area contributed by atoms with Gasteiger partial charge in [0.05, 0.1) is 13.7 Å². The number of aliphatic hydroxyl groups excluding tert-OH is 2. The fraction of sp³-hybridized carbons (Fsp3) is 0.500. The van der Waals surface area contributed by atoms with Gasteiger partial charge in [0.2, 0.25) is 0 Å². The van der Waals surface area contributed by atoms with Crippen LogP contribution in [0.25, 0.3) is 0 Å². The first kappa shape index (κ1) is 9.13. The summed E-state index contributed by atoms with van der Waals surface area (Å²) < 4.78 is 4.19. The van der Waals surface area contributed by atoms with E-state index in [2.05, 4.69) is 4.74 Å². The second-order valence-electron chi connectivity index (χ2n) is 1.58. The summed E-state index contributed by atoms with van der Waals surface area (Å²) in [6.45, 7) is -0.200. The molecule has 0 radical (unpaired) electrons. The second kappa shape index (κ2) is 4.96. The van der Waals surface area contributed by atoms with Crippen molar-refractivity contribution in [2.24, 2.45) is 0 Å². The van der Waals surface area contributed by atoms with Gasteiger partial charge in [0.1, 0.15) is 0 Å². The first-order valence-electron chi connectivity index (χ1n) is 2.75. The van der Waals surface area contributed by atoms with Gasteiger partial charge in [0.15, 0.2) is 6.10 Å². The third kappa shape index (κ3) is 3.21. The number of ether oxygens (including phenoxy) is 1. The summed E-state index contributed by atoms with van der Waals surface area (Å²) in [6, 6.07) is 0. The molecule has 0 amide bonds. The molecule has 0 aromatic heterocycles. The number of hydrogen-bond acceptors (Lipinski definition) is 4. The monoisotopic (exact) mass is 146 g/mol. The summed E-state index contributed by atoms with van der Waals surface area (Å²) in [5.74, 6) is -0.732. The molecule has 0 fully saturated rings. The van der Waals surface area contributed by atoms with Crippen LogP contribution in [0.3, 0.4) is 0 Å². The zero-order chi connectivity index (χ0) is 7.98. The highest BCUT2D eigenvalue weighted by molar-refractivity contribution is 5.76. The topological polar surface area (TPSA) is 66.8 Å². The van der Waals surface area contributed by atoms with Gasteiger partial charge in [0, 0.05) is 0 Å². The molecule has 0 aromatic rings. The van der Waals surface area contributed by atoms with Gasteiger partial charge in [0.25, 0.3) is 0 Å². The van der Waals surface area contributed by atoms with Crippen molar-refractivity contribution in [2.75, 3.05) is 13.7 Å². The van der Waals surface area contributed by atoms with E-state index in [4.69, 9.17) is 10.2 Å². The van der Waals surface area contributed by atoms with Crippen molar-refractivity contribution >= 4 is 5.97 Å². The van der Waals surface area contributed by atoms with E-state index in [1.54, 1.807) is 0 Å². The van der Waals surface area contributed by atoms with Gasteiger partial charge in [-0.15, -0.1) is 0 Å². The van der Waals surface area contributed by atoms with Crippen molar-refractivity contribution in [3.8, 4) is 0 Å². The smallest absolute Gasteiger partial charge is 0.338 e. The lowest BCUT2D eigenvalue weighted by Crippen LogP contribution is -2.18. The molecule has 0 aliphatic rings. The minimum Gasteiger partial charge on any atom is -0.467 e. The number of rotatable bonds is 3. The molecule has 1 unspecified atom stereocenters. The van der Waals surface area contributed by atoms with Crippen LogP contribution in [0, 0.1) is 0 Å². The van der Waals surface area contributed by atoms with Crippen molar-refractivity contribution in [1.82, 2.24) is 0 Å². The molecule has 0 rings (SSSR count). The second-order valence-corrected chi connectivity index (χ2v) is 1.58. The Morgan fingerprint density at radius 3 is 2.80 bits per heavy atom. The predicted molar refractivity (Wildman–Crippen MR) is 34.2 cm³/mol. The van der Waals surface area contributed by atoms with Crippen LogP contribution in [0.15, 0.2) is 12.2 Å². The number of carbonyl (C=O) groups excluding carboxylic acids is 1. The largest absolute Gasteiger partial charge is 0.467 e. The Balaban J connectivity index is 3.72. The van der Waals surface area contributed by atoms with Crippen molar-refractivity contribution in [3.63, 3.8) is 0 Å². The number of carbonyl (C=O) groups is 1. The van der Waals surface area contributed by atoms with E-state index < -0.39 is 12.1 Å². The van der Waals surface area contributed by atoms with E-state index in [0.29, 0.717) is 0 Å². The molecule has 0 bridgehead atoms. The Kier molecular flexibility index (Phi) is 4.53. The van der Waals surface area contributed by atoms with Crippen LogP contribution in [-0.2, 0) is 9.53 Å². The summed E-state index contributed by atoms with van der Waals surface area (Å²) >= 11 is 0. The quantitative estimate of drug-likeness (QED) is 0.398. The Morgan fingerprint density at radius 1 is 1.80 bits per heavy atom. The molecule has 0 aliphatic heterocycles. The summed E-state index contributed by atoms with van der Waals surface area (Å²) in [7, 11) is 1.18. The average molecular weight is 146 g/mol. The van der Waals surface area contributed by atoms with Gasteiger partial charge in [-0.3, -0.25) is 0 Å². The molecule has 58 valence electrons. The molecule has 0 spiro atoms. The van der Waals surface area contributed by atoms with Crippen molar-refractivity contribution in [2.45, 2.75) is 6.10 Å². The highest BCUT2D eigenvalue weighted by Crippen LogP contribution is 1.88. The van der Waals surface area contributed by atoms with E-state index in [9.17, 15) is 4.79 Å². The SMILES string of the molecule is COC(=O)C(O)/C=C/CO. The van der Waals surface area contributed by atoms with Crippen molar-refractivity contribution in [3.05, 3.63) is 12.2 Å². The standard InChI is InChI=1S/C6H10O4/c1-10-6(9)5(8)3-2-4-7/h2-3,5,7-8H,4H2,1H3/b3-2+. The van der Waals surface area contributed by atoms with Gasteiger partial charge in [-0.1, -0.05) is 6.08 Å². The van der Waals surface area contributed by atoms with Gasteiger partial charge in [-0.2, -0.15) is 0 Å². The molecule has 4 heteroatoms. The third-order valence-electron chi connectivity index (χ3n) is 0.866. The number of methoxy groups -OCH3 is 1. The van der Waals surface area contributed by atoms with Gasteiger partial charge >= 0.3 is 5.97 Å². The number of hydrogen-bond donors (Lipinski definition) is 2. The average Bonchev–Trinajstić information content (AvgIpc) is 1.98. The highest BCUT2D eigenvalue weighted by atomic mass is 16.5. The molecular formula is C6H10O4. The molecule has 0 saturated carbocycles. The maximum Gasteiger partial charge on any atom is 0.338 e. The van der Waals surface area contributed by atoms with E-state index in [1.807, 2.05) is 0 Å². The fourth-order valence-electron chi connectivity index (χ4n) is 0.389. The van der Waals surface area contributed by atoms with E-state index in [0.717, 1.165) is 6.08 Å². The molecule has 0 aromatic carbocycles.